The number of carbonyl (C=O) groups is 2. The van der Waals surface area contributed by atoms with Crippen molar-refractivity contribution in [3.63, 3.8) is 0 Å². The van der Waals surface area contributed by atoms with Gasteiger partial charge in [0.1, 0.15) is 31.0 Å². The van der Waals surface area contributed by atoms with E-state index in [1.165, 1.54) is 19.2 Å². The number of hydrogen-bond donors (Lipinski definition) is 3. The molecule has 7 nitrogen and oxygen atoms in total. The minimum atomic E-state index is -0.733. The summed E-state index contributed by atoms with van der Waals surface area (Å²) in [7, 11) is 1.31. The summed E-state index contributed by atoms with van der Waals surface area (Å²) in [4.78, 5) is 25.6. The van der Waals surface area contributed by atoms with Crippen LogP contribution in [0.1, 0.15) is 11.6 Å². The van der Waals surface area contributed by atoms with Crippen LogP contribution in [0, 0.1) is 11.7 Å². The molecule has 2 atom stereocenters. The van der Waals surface area contributed by atoms with E-state index in [1.54, 1.807) is 12.1 Å². The first-order valence-corrected chi connectivity index (χ1v) is 8.13. The zero-order chi connectivity index (χ0) is 17.8. The number of benzene rings is 1. The second-order valence-corrected chi connectivity index (χ2v) is 6.00. The molecule has 2 aliphatic heterocycles. The van der Waals surface area contributed by atoms with Gasteiger partial charge in [-0.25, -0.2) is 9.18 Å². The third kappa shape index (κ3) is 3.97. The van der Waals surface area contributed by atoms with Crippen molar-refractivity contribution in [2.24, 2.45) is 5.92 Å². The standard InChI is InChI=1S/C17H20FN3O4/c1-24-16(22)14-13(10-21-6-8-25-9-7-21)19-17(23)20-15(14)11-2-4-12(18)5-3-11/h2-5,10,14-15H,6-9H2,1H3,(H2,19,20,23)/p+1/b13-10+/t14-,15+/m0/s1. The van der Waals surface area contributed by atoms with Gasteiger partial charge in [0.05, 0.1) is 32.1 Å². The van der Waals surface area contributed by atoms with Crippen molar-refractivity contribution in [2.75, 3.05) is 33.4 Å². The average Bonchev–Trinajstić information content (AvgIpc) is 2.62. The average molecular weight is 350 g/mol. The van der Waals surface area contributed by atoms with Crippen molar-refractivity contribution in [1.82, 2.24) is 10.6 Å². The predicted octanol–water partition coefficient (Wildman–Crippen LogP) is -0.275. The van der Waals surface area contributed by atoms with E-state index in [2.05, 4.69) is 10.6 Å². The van der Waals surface area contributed by atoms with Crippen LogP contribution in [-0.4, -0.2) is 45.4 Å². The van der Waals surface area contributed by atoms with Crippen LogP contribution in [0.3, 0.4) is 0 Å². The number of amides is 2. The maximum absolute atomic E-state index is 13.2. The summed E-state index contributed by atoms with van der Waals surface area (Å²) < 4.78 is 23.5. The lowest BCUT2D eigenvalue weighted by Gasteiger charge is -2.33. The first kappa shape index (κ1) is 17.4. The highest BCUT2D eigenvalue weighted by atomic mass is 19.1. The number of esters is 1. The third-order valence-corrected chi connectivity index (χ3v) is 4.39. The first-order chi connectivity index (χ1) is 12.1. The Morgan fingerprint density at radius 3 is 2.64 bits per heavy atom. The summed E-state index contributed by atoms with van der Waals surface area (Å²) in [5.74, 6) is -1.59. The van der Waals surface area contributed by atoms with Crippen molar-refractivity contribution < 1.29 is 28.4 Å². The van der Waals surface area contributed by atoms with Crippen LogP contribution in [0.5, 0.6) is 0 Å². The summed E-state index contributed by atoms with van der Waals surface area (Å²) >= 11 is 0. The second-order valence-electron chi connectivity index (χ2n) is 6.00. The summed E-state index contributed by atoms with van der Waals surface area (Å²) in [6, 6.07) is 4.67. The Morgan fingerprint density at radius 1 is 1.32 bits per heavy atom. The second kappa shape index (κ2) is 7.62. The fourth-order valence-electron chi connectivity index (χ4n) is 3.11. The molecule has 2 fully saturated rings. The molecule has 0 bridgehead atoms. The molecular formula is C17H21FN3O4+. The maximum atomic E-state index is 13.2. The molecule has 0 aliphatic carbocycles. The molecule has 0 spiro atoms. The number of nitrogens with one attached hydrogen (secondary N) is 3. The van der Waals surface area contributed by atoms with Crippen LogP contribution < -0.4 is 15.5 Å². The molecule has 1 aromatic carbocycles. The number of urea groups is 1. The van der Waals surface area contributed by atoms with Gasteiger partial charge in [-0.1, -0.05) is 12.1 Å². The van der Waals surface area contributed by atoms with Gasteiger partial charge in [0.25, 0.3) is 0 Å². The number of hydrogen-bond acceptors (Lipinski definition) is 4. The number of carbonyl (C=O) groups excluding carboxylic acids is 2. The molecule has 25 heavy (non-hydrogen) atoms. The lowest BCUT2D eigenvalue weighted by Crippen LogP contribution is -3.10. The molecule has 1 aromatic rings. The molecule has 2 heterocycles. The molecule has 0 radical (unpaired) electrons. The minimum absolute atomic E-state index is 0.382. The van der Waals surface area contributed by atoms with Gasteiger partial charge in [-0.3, -0.25) is 4.79 Å². The fourth-order valence-corrected chi connectivity index (χ4v) is 3.11. The zero-order valence-corrected chi connectivity index (χ0v) is 13.9. The summed E-state index contributed by atoms with van der Waals surface area (Å²) in [5, 5.41) is 5.45. The van der Waals surface area contributed by atoms with Crippen molar-refractivity contribution in [3.05, 3.63) is 47.5 Å². The summed E-state index contributed by atoms with van der Waals surface area (Å²) in [6.45, 7) is 2.75. The summed E-state index contributed by atoms with van der Waals surface area (Å²) in [6.07, 6.45) is 1.85. The van der Waals surface area contributed by atoms with E-state index in [4.69, 9.17) is 9.47 Å². The fraction of sp³-hybridized carbons (Fsp3) is 0.412. The first-order valence-electron chi connectivity index (χ1n) is 8.13. The Morgan fingerprint density at radius 2 is 2.00 bits per heavy atom. The monoisotopic (exact) mass is 350 g/mol. The van der Waals surface area contributed by atoms with E-state index in [0.29, 0.717) is 24.5 Å². The number of quaternary nitrogens is 1. The predicted molar refractivity (Wildman–Crippen MR) is 85.9 cm³/mol. The van der Waals surface area contributed by atoms with Gasteiger partial charge in [-0.05, 0) is 17.7 Å². The van der Waals surface area contributed by atoms with Crippen LogP contribution in [0.25, 0.3) is 0 Å². The summed E-state index contributed by atoms with van der Waals surface area (Å²) in [5.41, 5.74) is 1.12. The van der Waals surface area contributed by atoms with Crippen molar-refractivity contribution >= 4 is 12.0 Å². The zero-order valence-electron chi connectivity index (χ0n) is 13.9. The van der Waals surface area contributed by atoms with Crippen LogP contribution >= 0.6 is 0 Å². The largest absolute Gasteiger partial charge is 0.468 e. The molecule has 8 heteroatoms. The van der Waals surface area contributed by atoms with Crippen LogP contribution in [0.4, 0.5) is 9.18 Å². The highest BCUT2D eigenvalue weighted by Gasteiger charge is 2.40. The van der Waals surface area contributed by atoms with Crippen LogP contribution in [0.15, 0.2) is 36.2 Å². The van der Waals surface area contributed by atoms with E-state index in [-0.39, 0.29) is 5.82 Å². The molecule has 0 saturated carbocycles. The Balaban J connectivity index is 1.95. The van der Waals surface area contributed by atoms with E-state index >= 15 is 0 Å². The van der Waals surface area contributed by atoms with Crippen molar-refractivity contribution in [3.8, 4) is 0 Å². The van der Waals surface area contributed by atoms with Crippen molar-refractivity contribution in [2.45, 2.75) is 6.04 Å². The SMILES string of the molecule is COC(=O)[C@H]1/C(=C\[NH+]2CCOCC2)NC(=O)N[C@@H]1c1ccc(F)cc1. The van der Waals surface area contributed by atoms with Gasteiger partial charge in [0, 0.05) is 0 Å². The Labute approximate surface area is 144 Å². The number of ether oxygens (including phenoxy) is 2. The van der Waals surface area contributed by atoms with Gasteiger partial charge < -0.3 is 25.0 Å². The third-order valence-electron chi connectivity index (χ3n) is 4.39. The lowest BCUT2D eigenvalue weighted by molar-refractivity contribution is -0.856. The number of morpholine rings is 1. The lowest BCUT2D eigenvalue weighted by atomic mass is 9.88. The Kier molecular flexibility index (Phi) is 5.30. The quantitative estimate of drug-likeness (QED) is 0.656. The Hall–Kier alpha value is -2.45. The van der Waals surface area contributed by atoms with Gasteiger partial charge in [0.2, 0.25) is 0 Å². The molecular weight excluding hydrogens is 329 g/mol. The van der Waals surface area contributed by atoms with Crippen molar-refractivity contribution in [1.29, 1.82) is 0 Å². The molecule has 3 N–H and O–H groups in total. The molecule has 0 aromatic heterocycles. The molecule has 2 amide bonds. The molecule has 2 aliphatic rings. The number of halogens is 1. The van der Waals surface area contributed by atoms with Gasteiger partial charge >= 0.3 is 12.0 Å². The van der Waals surface area contributed by atoms with E-state index in [9.17, 15) is 14.0 Å². The van der Waals surface area contributed by atoms with Gasteiger partial charge in [-0.15, -0.1) is 0 Å². The maximum Gasteiger partial charge on any atom is 0.319 e. The van der Waals surface area contributed by atoms with Gasteiger partial charge in [0.15, 0.2) is 0 Å². The number of methoxy groups -OCH3 is 1. The highest BCUT2D eigenvalue weighted by Crippen LogP contribution is 2.30. The van der Waals surface area contributed by atoms with E-state index in [0.717, 1.165) is 18.0 Å². The smallest absolute Gasteiger partial charge is 0.319 e. The molecule has 134 valence electrons. The van der Waals surface area contributed by atoms with Gasteiger partial charge in [-0.2, -0.15) is 0 Å². The normalized spacial score (nSPS) is 26.0. The molecule has 3 rings (SSSR count). The Bertz CT molecular complexity index is 671. The van der Waals surface area contributed by atoms with E-state index < -0.39 is 24.0 Å². The number of rotatable bonds is 3. The minimum Gasteiger partial charge on any atom is -0.468 e. The molecule has 0 unspecified atom stereocenters. The molecule has 2 saturated heterocycles. The van der Waals surface area contributed by atoms with E-state index in [1.807, 2.05) is 6.20 Å². The topological polar surface area (TPSA) is 81.1 Å². The van der Waals surface area contributed by atoms with Crippen LogP contribution in [0.2, 0.25) is 0 Å². The van der Waals surface area contributed by atoms with Crippen LogP contribution in [-0.2, 0) is 14.3 Å². The highest BCUT2D eigenvalue weighted by molar-refractivity contribution is 5.85.